The zero-order valence-electron chi connectivity index (χ0n) is 15.9. The van der Waals surface area contributed by atoms with Crippen LogP contribution in [0.5, 0.6) is 5.75 Å². The zero-order chi connectivity index (χ0) is 17.2. The molecule has 0 aliphatic carbocycles. The summed E-state index contributed by atoms with van der Waals surface area (Å²) in [6, 6.07) is 7.13. The predicted molar refractivity (Wildman–Crippen MR) is 104 cm³/mol. The highest BCUT2D eigenvalue weighted by Gasteiger charge is 2.14. The normalized spacial score (nSPS) is 16.8. The molecule has 2 rings (SSSR count). The number of hydrogen-bond donors (Lipinski definition) is 1. The molecule has 0 radical (unpaired) electrons. The van der Waals surface area contributed by atoms with Crippen molar-refractivity contribution in [2.45, 2.75) is 84.6 Å². The molecule has 1 aliphatic heterocycles. The van der Waals surface area contributed by atoms with Crippen LogP contribution in [0.25, 0.3) is 0 Å². The minimum absolute atomic E-state index is 0.592. The maximum atomic E-state index is 6.08. The Morgan fingerprint density at radius 2 is 1.83 bits per heavy atom. The summed E-state index contributed by atoms with van der Waals surface area (Å²) in [6.45, 7) is 8.79. The lowest BCUT2D eigenvalue weighted by Crippen LogP contribution is -2.33. The van der Waals surface area contributed by atoms with Crippen LogP contribution in [0.1, 0.15) is 77.2 Å². The second kappa shape index (κ2) is 10.6. The fourth-order valence-corrected chi connectivity index (χ4v) is 3.45. The molecule has 3 heteroatoms. The molecule has 1 saturated heterocycles. The maximum Gasteiger partial charge on any atom is 0.150 e. The number of benzene rings is 1. The van der Waals surface area contributed by atoms with Crippen molar-refractivity contribution in [3.8, 4) is 5.75 Å². The Hall–Kier alpha value is -1.22. The number of anilines is 1. The molecule has 0 amide bonds. The summed E-state index contributed by atoms with van der Waals surface area (Å²) >= 11 is 0. The molecule has 0 bridgehead atoms. The summed E-state index contributed by atoms with van der Waals surface area (Å²) in [5, 5.41) is 5.86. The molecule has 0 spiro atoms. The second-order valence-electron chi connectivity index (χ2n) is 7.19. The van der Waals surface area contributed by atoms with Gasteiger partial charge in [-0.15, -0.1) is 5.06 Å². The average molecular weight is 333 g/mol. The van der Waals surface area contributed by atoms with Crippen molar-refractivity contribution in [1.29, 1.82) is 0 Å². The quantitative estimate of drug-likeness (QED) is 0.537. The van der Waals surface area contributed by atoms with Crippen LogP contribution in [0, 0.1) is 6.92 Å². The molecule has 1 unspecified atom stereocenters. The lowest BCUT2D eigenvalue weighted by atomic mass is 10.0. The third-order valence-corrected chi connectivity index (χ3v) is 4.88. The van der Waals surface area contributed by atoms with Crippen LogP contribution in [0.3, 0.4) is 0 Å². The molecule has 0 saturated carbocycles. The van der Waals surface area contributed by atoms with Gasteiger partial charge < -0.3 is 10.2 Å². The smallest absolute Gasteiger partial charge is 0.150 e. The van der Waals surface area contributed by atoms with Crippen molar-refractivity contribution in [3.63, 3.8) is 0 Å². The first kappa shape index (κ1) is 19.1. The fraction of sp³-hybridized carbons (Fsp3) is 0.714. The summed E-state index contributed by atoms with van der Waals surface area (Å²) in [7, 11) is 0. The third kappa shape index (κ3) is 6.35. The van der Waals surface area contributed by atoms with Crippen molar-refractivity contribution >= 4 is 5.69 Å². The number of nitrogens with zero attached hydrogens (tertiary/aromatic N) is 1. The van der Waals surface area contributed by atoms with E-state index in [4.69, 9.17) is 4.84 Å². The van der Waals surface area contributed by atoms with Gasteiger partial charge >= 0.3 is 0 Å². The molecule has 136 valence electrons. The Morgan fingerprint density at radius 1 is 1.04 bits per heavy atom. The summed E-state index contributed by atoms with van der Waals surface area (Å²) in [4.78, 5) is 6.08. The zero-order valence-corrected chi connectivity index (χ0v) is 15.9. The van der Waals surface area contributed by atoms with Crippen LogP contribution in [0.4, 0.5) is 5.69 Å². The lowest BCUT2D eigenvalue weighted by molar-refractivity contribution is -0.0725. The van der Waals surface area contributed by atoms with Gasteiger partial charge in [-0.05, 0) is 56.4 Å². The molecule has 0 aromatic heterocycles. The van der Waals surface area contributed by atoms with Crippen LogP contribution >= 0.6 is 0 Å². The second-order valence-corrected chi connectivity index (χ2v) is 7.19. The molecule has 1 aliphatic rings. The molecule has 1 heterocycles. The number of rotatable bonds is 10. The van der Waals surface area contributed by atoms with Gasteiger partial charge in [0.05, 0.1) is 0 Å². The molecular weight excluding hydrogens is 296 g/mol. The minimum atomic E-state index is 0.592. The first-order chi connectivity index (χ1) is 11.7. The van der Waals surface area contributed by atoms with Crippen LogP contribution < -0.4 is 10.2 Å². The van der Waals surface area contributed by atoms with E-state index in [0.717, 1.165) is 18.8 Å². The number of hydrogen-bond acceptors (Lipinski definition) is 3. The topological polar surface area (TPSA) is 24.5 Å². The number of unbranched alkanes of at least 4 members (excludes halogenated alkanes) is 2. The van der Waals surface area contributed by atoms with Gasteiger partial charge in [-0.25, -0.2) is 0 Å². The standard InChI is InChI=1S/C21H36N2O/c1-4-6-8-12-19(11-5-2)22-20-13-14-21(18(3)17-20)24-23-15-9-7-10-16-23/h13-14,17,19,22H,4-12,15-16H2,1-3H3. The van der Waals surface area contributed by atoms with Crippen LogP contribution in [0.2, 0.25) is 0 Å². The first-order valence-corrected chi connectivity index (χ1v) is 10.0. The van der Waals surface area contributed by atoms with E-state index in [1.807, 2.05) is 0 Å². The van der Waals surface area contributed by atoms with Gasteiger partial charge in [0.1, 0.15) is 0 Å². The van der Waals surface area contributed by atoms with Crippen molar-refractivity contribution in [2.75, 3.05) is 18.4 Å². The van der Waals surface area contributed by atoms with Crippen LogP contribution in [-0.4, -0.2) is 24.2 Å². The summed E-state index contributed by atoms with van der Waals surface area (Å²) < 4.78 is 0. The molecule has 1 aromatic carbocycles. The Balaban J connectivity index is 1.91. The van der Waals surface area contributed by atoms with Crippen molar-refractivity contribution in [1.82, 2.24) is 5.06 Å². The Bertz CT molecular complexity index is 469. The minimum Gasteiger partial charge on any atom is -0.406 e. The summed E-state index contributed by atoms with van der Waals surface area (Å²) in [6.07, 6.45) is 11.5. The Labute approximate surface area is 148 Å². The largest absolute Gasteiger partial charge is 0.406 e. The van der Waals surface area contributed by atoms with E-state index in [1.165, 1.54) is 69.0 Å². The van der Waals surface area contributed by atoms with Gasteiger partial charge in [0.2, 0.25) is 0 Å². The monoisotopic (exact) mass is 332 g/mol. The Kier molecular flexibility index (Phi) is 8.44. The molecule has 1 N–H and O–H groups in total. The van der Waals surface area contributed by atoms with E-state index < -0.39 is 0 Å². The molecule has 1 aromatic rings. The molecule has 24 heavy (non-hydrogen) atoms. The highest BCUT2D eigenvalue weighted by molar-refractivity contribution is 5.51. The van der Waals surface area contributed by atoms with Crippen molar-refractivity contribution in [2.24, 2.45) is 0 Å². The summed E-state index contributed by atoms with van der Waals surface area (Å²) in [5.41, 5.74) is 2.45. The molecule has 3 nitrogen and oxygen atoms in total. The SMILES string of the molecule is CCCCCC(CCC)Nc1ccc(ON2CCCCC2)c(C)c1. The van der Waals surface area contributed by atoms with E-state index in [0.29, 0.717) is 6.04 Å². The lowest BCUT2D eigenvalue weighted by Gasteiger charge is -2.27. The highest BCUT2D eigenvalue weighted by Crippen LogP contribution is 2.25. The van der Waals surface area contributed by atoms with Crippen LogP contribution in [-0.2, 0) is 0 Å². The van der Waals surface area contributed by atoms with E-state index in [9.17, 15) is 0 Å². The highest BCUT2D eigenvalue weighted by atomic mass is 16.7. The number of nitrogens with one attached hydrogen (secondary N) is 1. The fourth-order valence-electron chi connectivity index (χ4n) is 3.45. The molecule has 1 fully saturated rings. The van der Waals surface area contributed by atoms with E-state index >= 15 is 0 Å². The predicted octanol–water partition coefficient (Wildman–Crippen LogP) is 5.94. The Morgan fingerprint density at radius 3 is 2.50 bits per heavy atom. The van der Waals surface area contributed by atoms with Gasteiger partial charge in [-0.3, -0.25) is 0 Å². The maximum absolute atomic E-state index is 6.08. The van der Waals surface area contributed by atoms with Gasteiger partial charge in [-0.2, -0.15) is 0 Å². The van der Waals surface area contributed by atoms with Gasteiger partial charge in [0, 0.05) is 24.8 Å². The van der Waals surface area contributed by atoms with Gasteiger partial charge in [-0.1, -0.05) is 46.0 Å². The van der Waals surface area contributed by atoms with Gasteiger partial charge in [0.25, 0.3) is 0 Å². The third-order valence-electron chi connectivity index (χ3n) is 4.88. The van der Waals surface area contributed by atoms with E-state index in [-0.39, 0.29) is 0 Å². The van der Waals surface area contributed by atoms with E-state index in [1.54, 1.807) is 0 Å². The first-order valence-electron chi connectivity index (χ1n) is 10.0. The summed E-state index contributed by atoms with van der Waals surface area (Å²) in [5.74, 6) is 1.00. The van der Waals surface area contributed by atoms with E-state index in [2.05, 4.69) is 49.4 Å². The molecule has 1 atom stereocenters. The van der Waals surface area contributed by atoms with Gasteiger partial charge in [0.15, 0.2) is 5.75 Å². The van der Waals surface area contributed by atoms with Crippen molar-refractivity contribution < 1.29 is 4.84 Å². The van der Waals surface area contributed by atoms with Crippen molar-refractivity contribution in [3.05, 3.63) is 23.8 Å². The molecular formula is C21H36N2O. The average Bonchev–Trinajstić information content (AvgIpc) is 2.59. The number of hydroxylamine groups is 2. The number of aryl methyl sites for hydroxylation is 1. The number of piperidine rings is 1. The van der Waals surface area contributed by atoms with Crippen LogP contribution in [0.15, 0.2) is 18.2 Å².